The average molecular weight is 161 g/mol. The molecule has 0 radical (unpaired) electrons. The van der Waals surface area contributed by atoms with E-state index in [2.05, 4.69) is 0 Å². The van der Waals surface area contributed by atoms with Crippen LogP contribution in [-0.4, -0.2) is 28.1 Å². The first-order chi connectivity index (χ1) is 3.65. The summed E-state index contributed by atoms with van der Waals surface area (Å²) in [6.45, 7) is 0. The molecule has 0 fully saturated rings. The summed E-state index contributed by atoms with van der Waals surface area (Å²) in [4.78, 5) is 8.56. The third-order valence-corrected chi connectivity index (χ3v) is 0.643. The van der Waals surface area contributed by atoms with Crippen LogP contribution in [0.3, 0.4) is 0 Å². The highest BCUT2D eigenvalue weighted by molar-refractivity contribution is 6.25. The fourth-order valence-electron chi connectivity index (χ4n) is 0. The second-order valence-electron chi connectivity index (χ2n) is 0.661. The Labute approximate surface area is 56.8 Å². The van der Waals surface area contributed by atoms with E-state index in [0.717, 1.165) is 0 Å². The van der Waals surface area contributed by atoms with Crippen LogP contribution in [0.2, 0.25) is 0 Å². The first-order valence-corrected chi connectivity index (χ1v) is 2.75. The minimum absolute atomic E-state index is 0.557. The van der Waals surface area contributed by atoms with Crippen LogP contribution in [0.25, 0.3) is 0 Å². The predicted molar refractivity (Wildman–Crippen MR) is 32.1 cm³/mol. The second-order valence-corrected chi connectivity index (χ2v) is 1.42. The van der Waals surface area contributed by atoms with Gasteiger partial charge in [-0.25, -0.2) is 4.79 Å². The lowest BCUT2D eigenvalue weighted by molar-refractivity contribution is 0.137. The summed E-state index contributed by atoms with van der Waals surface area (Å²) in [5.74, 6) is 1.11. The van der Waals surface area contributed by atoms with Gasteiger partial charge in [-0.3, -0.25) is 0 Å². The second kappa shape index (κ2) is 9.97. The molecule has 50 valence electrons. The number of hydrogen-bond donors (Lipinski definition) is 2. The zero-order valence-electron chi connectivity index (χ0n) is 3.97. The van der Waals surface area contributed by atoms with E-state index in [9.17, 15) is 0 Å². The van der Waals surface area contributed by atoms with Crippen molar-refractivity contribution in [2.45, 2.75) is 0 Å². The molecule has 5 heteroatoms. The lowest BCUT2D eigenvalue weighted by atomic mass is 11.0. The lowest BCUT2D eigenvalue weighted by Gasteiger charge is -1.63. The minimum atomic E-state index is -1.83. The molecule has 0 aliphatic rings. The SMILES string of the molecule is ClCCCl.O=C(O)O. The van der Waals surface area contributed by atoms with Crippen molar-refractivity contribution in [1.29, 1.82) is 0 Å². The van der Waals surface area contributed by atoms with E-state index >= 15 is 0 Å². The molecule has 0 aliphatic heterocycles. The Hall–Kier alpha value is -0.150. The third-order valence-electron chi connectivity index (χ3n) is 0.0714. The Morgan fingerprint density at radius 2 is 1.38 bits per heavy atom. The first kappa shape index (κ1) is 10.8. The molecule has 0 amide bonds. The van der Waals surface area contributed by atoms with E-state index in [1.807, 2.05) is 0 Å². The molecule has 0 heterocycles. The maximum atomic E-state index is 8.56. The molecule has 0 rings (SSSR count). The van der Waals surface area contributed by atoms with Crippen molar-refractivity contribution in [3.8, 4) is 0 Å². The predicted octanol–water partition coefficient (Wildman–Crippen LogP) is 1.69. The van der Waals surface area contributed by atoms with Crippen LogP contribution >= 0.6 is 23.2 Å². The van der Waals surface area contributed by atoms with E-state index in [1.54, 1.807) is 0 Å². The van der Waals surface area contributed by atoms with Crippen LogP contribution in [0.5, 0.6) is 0 Å². The zero-order chi connectivity index (χ0) is 6.99. The number of hydrogen-bond acceptors (Lipinski definition) is 1. The zero-order valence-corrected chi connectivity index (χ0v) is 5.48. The van der Waals surface area contributed by atoms with Crippen LogP contribution < -0.4 is 0 Å². The molecule has 8 heavy (non-hydrogen) atoms. The van der Waals surface area contributed by atoms with Gasteiger partial charge in [-0.2, -0.15) is 0 Å². The number of alkyl halides is 2. The highest BCUT2D eigenvalue weighted by Gasteiger charge is 1.70. The summed E-state index contributed by atoms with van der Waals surface area (Å²) >= 11 is 10.1. The van der Waals surface area contributed by atoms with Crippen molar-refractivity contribution in [3.63, 3.8) is 0 Å². The Bertz CT molecular complexity index is 50.5. The number of carboxylic acid groups (broad SMARTS) is 2. The highest BCUT2D eigenvalue weighted by atomic mass is 35.5. The van der Waals surface area contributed by atoms with E-state index in [0.29, 0.717) is 11.8 Å². The Kier molecular flexibility index (Phi) is 13.4. The number of rotatable bonds is 1. The molecule has 2 N–H and O–H groups in total. The molecule has 0 atom stereocenters. The Morgan fingerprint density at radius 3 is 1.38 bits per heavy atom. The summed E-state index contributed by atoms with van der Waals surface area (Å²) in [6, 6.07) is 0. The fraction of sp³-hybridized carbons (Fsp3) is 0.667. The normalized spacial score (nSPS) is 6.75. The molecule has 0 aromatic rings. The van der Waals surface area contributed by atoms with Crippen molar-refractivity contribution < 1.29 is 15.0 Å². The van der Waals surface area contributed by atoms with Crippen molar-refractivity contribution in [2.24, 2.45) is 0 Å². The summed E-state index contributed by atoms with van der Waals surface area (Å²) in [6.07, 6.45) is -1.83. The maximum Gasteiger partial charge on any atom is 0.503 e. The lowest BCUT2D eigenvalue weighted by Crippen LogP contribution is -1.81. The van der Waals surface area contributed by atoms with Gasteiger partial charge in [-0.15, -0.1) is 23.2 Å². The minimum Gasteiger partial charge on any atom is -0.450 e. The maximum absolute atomic E-state index is 8.56. The van der Waals surface area contributed by atoms with Crippen LogP contribution in [0.1, 0.15) is 0 Å². The number of carbonyl (C=O) groups is 1. The monoisotopic (exact) mass is 160 g/mol. The van der Waals surface area contributed by atoms with E-state index < -0.39 is 6.16 Å². The van der Waals surface area contributed by atoms with Gasteiger partial charge in [0.25, 0.3) is 0 Å². The van der Waals surface area contributed by atoms with Gasteiger partial charge in [0, 0.05) is 11.8 Å². The van der Waals surface area contributed by atoms with E-state index in [-0.39, 0.29) is 0 Å². The highest BCUT2D eigenvalue weighted by Crippen LogP contribution is 1.75. The largest absolute Gasteiger partial charge is 0.503 e. The van der Waals surface area contributed by atoms with Crippen molar-refractivity contribution in [1.82, 2.24) is 0 Å². The van der Waals surface area contributed by atoms with E-state index in [4.69, 9.17) is 38.2 Å². The summed E-state index contributed by atoms with van der Waals surface area (Å²) in [5.41, 5.74) is 0. The molecular formula is C3H6Cl2O3. The molecule has 0 saturated carbocycles. The van der Waals surface area contributed by atoms with Gasteiger partial charge in [-0.1, -0.05) is 0 Å². The first-order valence-electron chi connectivity index (χ1n) is 1.69. The van der Waals surface area contributed by atoms with Crippen LogP contribution in [-0.2, 0) is 0 Å². The van der Waals surface area contributed by atoms with Gasteiger partial charge in [0.2, 0.25) is 0 Å². The molecular weight excluding hydrogens is 155 g/mol. The molecule has 0 bridgehead atoms. The molecule has 3 nitrogen and oxygen atoms in total. The molecule has 0 spiro atoms. The van der Waals surface area contributed by atoms with E-state index in [1.165, 1.54) is 0 Å². The van der Waals surface area contributed by atoms with Crippen molar-refractivity contribution >= 4 is 29.4 Å². The number of halogens is 2. The van der Waals surface area contributed by atoms with Crippen molar-refractivity contribution in [2.75, 3.05) is 11.8 Å². The fourth-order valence-corrected chi connectivity index (χ4v) is 0. The molecule has 0 aromatic carbocycles. The Morgan fingerprint density at radius 1 is 1.25 bits per heavy atom. The molecule has 0 aliphatic carbocycles. The van der Waals surface area contributed by atoms with Gasteiger partial charge >= 0.3 is 6.16 Å². The van der Waals surface area contributed by atoms with Gasteiger partial charge in [0.15, 0.2) is 0 Å². The van der Waals surface area contributed by atoms with Gasteiger partial charge in [-0.05, 0) is 0 Å². The van der Waals surface area contributed by atoms with Gasteiger partial charge in [0.1, 0.15) is 0 Å². The summed E-state index contributed by atoms with van der Waals surface area (Å²) in [5, 5.41) is 13.9. The summed E-state index contributed by atoms with van der Waals surface area (Å²) in [7, 11) is 0. The third kappa shape index (κ3) is 190. The average Bonchev–Trinajstić information content (AvgIpc) is 1.65. The Balaban J connectivity index is 0. The smallest absolute Gasteiger partial charge is 0.450 e. The van der Waals surface area contributed by atoms with Crippen LogP contribution in [0, 0.1) is 0 Å². The molecule has 0 unspecified atom stereocenters. The van der Waals surface area contributed by atoms with Gasteiger partial charge < -0.3 is 10.2 Å². The van der Waals surface area contributed by atoms with Gasteiger partial charge in [0.05, 0.1) is 0 Å². The van der Waals surface area contributed by atoms with Crippen LogP contribution in [0.15, 0.2) is 0 Å². The molecule has 0 saturated heterocycles. The summed E-state index contributed by atoms with van der Waals surface area (Å²) < 4.78 is 0. The molecule has 0 aromatic heterocycles. The van der Waals surface area contributed by atoms with Crippen molar-refractivity contribution in [3.05, 3.63) is 0 Å². The van der Waals surface area contributed by atoms with Crippen LogP contribution in [0.4, 0.5) is 4.79 Å². The standard InChI is InChI=1S/C2H4Cl2.CH2O3/c3-1-2-4;2-1(3)4/h1-2H2;(H2,2,3,4). The quantitative estimate of drug-likeness (QED) is 0.575. The topological polar surface area (TPSA) is 57.5 Å².